The van der Waals surface area contributed by atoms with Crippen LogP contribution >= 0.6 is 0 Å². The van der Waals surface area contributed by atoms with Crippen LogP contribution in [0.5, 0.6) is 0 Å². The summed E-state index contributed by atoms with van der Waals surface area (Å²) < 4.78 is 0. The maximum absolute atomic E-state index is 2.47. The quantitative estimate of drug-likeness (QED) is 0.658. The molecule has 1 aromatic rings. The molecule has 0 N–H and O–H groups in total. The van der Waals surface area contributed by atoms with E-state index in [-0.39, 0.29) is 0 Å². The Morgan fingerprint density at radius 3 is 2.18 bits per heavy atom. The lowest BCUT2D eigenvalue weighted by Gasteiger charge is -2.23. The van der Waals surface area contributed by atoms with Crippen molar-refractivity contribution >= 4 is 0 Å². The smallest absolute Gasteiger partial charge is 0.00975 e. The molecule has 2 rings (SSSR count). The number of hydrogen-bond acceptors (Lipinski definition) is 0. The Kier molecular flexibility index (Phi) is 3.10. The average molecular weight is 230 g/mol. The lowest BCUT2D eigenvalue weighted by atomic mass is 9.82. The molecule has 17 heavy (non-hydrogen) atoms. The van der Waals surface area contributed by atoms with Crippen LogP contribution in [0, 0.1) is 0 Å². The van der Waals surface area contributed by atoms with E-state index in [4.69, 9.17) is 0 Å². The van der Waals surface area contributed by atoms with Crippen molar-refractivity contribution in [2.24, 2.45) is 0 Å². The molecule has 0 amide bonds. The van der Waals surface area contributed by atoms with Crippen molar-refractivity contribution in [3.63, 3.8) is 0 Å². The fourth-order valence-electron chi connectivity index (χ4n) is 3.02. The van der Waals surface area contributed by atoms with E-state index in [1.165, 1.54) is 18.4 Å². The summed E-state index contributed by atoms with van der Waals surface area (Å²) in [6.07, 6.45) is 2.58. The lowest BCUT2D eigenvalue weighted by Crippen LogP contribution is -2.13. The second-order valence-corrected chi connectivity index (χ2v) is 6.83. The first-order valence-corrected chi connectivity index (χ1v) is 7.00. The van der Waals surface area contributed by atoms with Gasteiger partial charge in [0.2, 0.25) is 0 Å². The van der Waals surface area contributed by atoms with Gasteiger partial charge >= 0.3 is 0 Å². The van der Waals surface area contributed by atoms with Crippen LogP contribution in [0.2, 0.25) is 0 Å². The molecule has 0 spiro atoms. The standard InChI is InChI=1S/C17H26/c1-11(2)13-9-15(12(3)4)14-7-8-17(5,6)16(14)10-13/h9-12H,7-8H2,1-6H3. The van der Waals surface area contributed by atoms with E-state index < -0.39 is 0 Å². The molecule has 1 aliphatic rings. The predicted molar refractivity (Wildman–Crippen MR) is 76.0 cm³/mol. The number of fused-ring (bicyclic) bond motifs is 1. The van der Waals surface area contributed by atoms with E-state index in [0.717, 1.165) is 0 Å². The van der Waals surface area contributed by atoms with Gasteiger partial charge in [-0.2, -0.15) is 0 Å². The van der Waals surface area contributed by atoms with E-state index in [0.29, 0.717) is 17.3 Å². The van der Waals surface area contributed by atoms with Crippen LogP contribution in [0.1, 0.15) is 82.1 Å². The Labute approximate surface area is 106 Å². The lowest BCUT2D eigenvalue weighted by molar-refractivity contribution is 0.521. The Morgan fingerprint density at radius 2 is 1.65 bits per heavy atom. The topological polar surface area (TPSA) is 0 Å². The van der Waals surface area contributed by atoms with E-state index in [2.05, 4.69) is 53.7 Å². The van der Waals surface area contributed by atoms with Gasteiger partial charge in [0.1, 0.15) is 0 Å². The van der Waals surface area contributed by atoms with Gasteiger partial charge in [0.05, 0.1) is 0 Å². The molecule has 0 radical (unpaired) electrons. The summed E-state index contributed by atoms with van der Waals surface area (Å²) in [6, 6.07) is 4.93. The Morgan fingerprint density at radius 1 is 1.00 bits per heavy atom. The van der Waals surface area contributed by atoms with Crippen molar-refractivity contribution in [3.05, 3.63) is 34.4 Å². The van der Waals surface area contributed by atoms with Gasteiger partial charge in [0.25, 0.3) is 0 Å². The molecule has 1 aromatic carbocycles. The highest BCUT2D eigenvalue weighted by molar-refractivity contribution is 5.48. The Bertz CT molecular complexity index is 422. The molecular weight excluding hydrogens is 204 g/mol. The minimum atomic E-state index is 0.379. The van der Waals surface area contributed by atoms with Crippen LogP contribution in [0.15, 0.2) is 12.1 Å². The van der Waals surface area contributed by atoms with Crippen LogP contribution in [-0.2, 0) is 11.8 Å². The summed E-state index contributed by atoms with van der Waals surface area (Å²) in [4.78, 5) is 0. The Balaban J connectivity index is 2.63. The summed E-state index contributed by atoms with van der Waals surface area (Å²) in [5.74, 6) is 1.28. The summed E-state index contributed by atoms with van der Waals surface area (Å²) in [6.45, 7) is 14.0. The maximum atomic E-state index is 2.47. The van der Waals surface area contributed by atoms with Crippen LogP contribution in [0.25, 0.3) is 0 Å². The Hall–Kier alpha value is -0.780. The maximum Gasteiger partial charge on any atom is -0.00975 e. The molecule has 0 saturated heterocycles. The third-order valence-electron chi connectivity index (χ3n) is 4.32. The zero-order valence-corrected chi connectivity index (χ0v) is 12.2. The van der Waals surface area contributed by atoms with Crippen LogP contribution in [0.3, 0.4) is 0 Å². The highest BCUT2D eigenvalue weighted by Gasteiger charge is 2.32. The molecule has 94 valence electrons. The SMILES string of the molecule is CC(C)c1cc(C(C)C)c2c(c1)C(C)(C)CC2. The zero-order chi connectivity index (χ0) is 12.8. The van der Waals surface area contributed by atoms with E-state index in [1.807, 2.05) is 0 Å². The second-order valence-electron chi connectivity index (χ2n) is 6.83. The molecule has 0 fully saturated rings. The zero-order valence-electron chi connectivity index (χ0n) is 12.2. The van der Waals surface area contributed by atoms with Gasteiger partial charge in [0, 0.05) is 0 Å². The fourth-order valence-corrected chi connectivity index (χ4v) is 3.02. The van der Waals surface area contributed by atoms with Gasteiger partial charge in [0.15, 0.2) is 0 Å². The average Bonchev–Trinajstić information content (AvgIpc) is 2.53. The van der Waals surface area contributed by atoms with Gasteiger partial charge in [-0.05, 0) is 52.3 Å². The highest BCUT2D eigenvalue weighted by atomic mass is 14.4. The van der Waals surface area contributed by atoms with Crippen molar-refractivity contribution in [1.29, 1.82) is 0 Å². The van der Waals surface area contributed by atoms with Crippen LogP contribution < -0.4 is 0 Å². The molecule has 0 atom stereocenters. The molecule has 0 bridgehead atoms. The molecule has 0 aliphatic heterocycles. The van der Waals surface area contributed by atoms with E-state index in [9.17, 15) is 0 Å². The van der Waals surface area contributed by atoms with E-state index >= 15 is 0 Å². The summed E-state index contributed by atoms with van der Waals surface area (Å²) >= 11 is 0. The molecule has 0 nitrogen and oxygen atoms in total. The molecule has 1 aliphatic carbocycles. The molecule has 0 heterocycles. The van der Waals surface area contributed by atoms with Gasteiger partial charge in [-0.3, -0.25) is 0 Å². The first-order valence-electron chi connectivity index (χ1n) is 7.00. The highest BCUT2D eigenvalue weighted by Crippen LogP contribution is 2.43. The molecular formula is C17H26. The van der Waals surface area contributed by atoms with Crippen molar-refractivity contribution in [1.82, 2.24) is 0 Å². The van der Waals surface area contributed by atoms with Gasteiger partial charge < -0.3 is 0 Å². The number of benzene rings is 1. The van der Waals surface area contributed by atoms with Crippen molar-refractivity contribution in [2.75, 3.05) is 0 Å². The van der Waals surface area contributed by atoms with Crippen molar-refractivity contribution in [3.8, 4) is 0 Å². The summed E-state index contributed by atoms with van der Waals surface area (Å²) in [5.41, 5.74) is 6.75. The molecule has 0 heteroatoms. The minimum absolute atomic E-state index is 0.379. The van der Waals surface area contributed by atoms with Crippen LogP contribution in [-0.4, -0.2) is 0 Å². The van der Waals surface area contributed by atoms with Gasteiger partial charge in [-0.25, -0.2) is 0 Å². The van der Waals surface area contributed by atoms with Crippen LogP contribution in [0.4, 0.5) is 0 Å². The molecule has 0 saturated carbocycles. The summed E-state index contributed by atoms with van der Waals surface area (Å²) in [5, 5.41) is 0. The monoisotopic (exact) mass is 230 g/mol. The minimum Gasteiger partial charge on any atom is -0.0587 e. The fraction of sp³-hybridized carbons (Fsp3) is 0.647. The second kappa shape index (κ2) is 4.15. The van der Waals surface area contributed by atoms with Crippen molar-refractivity contribution < 1.29 is 0 Å². The first-order chi connectivity index (χ1) is 7.83. The number of rotatable bonds is 2. The largest absolute Gasteiger partial charge is 0.0587 e. The van der Waals surface area contributed by atoms with Crippen molar-refractivity contribution in [2.45, 2.75) is 71.6 Å². The first kappa shape index (κ1) is 12.7. The normalized spacial score (nSPS) is 17.9. The summed E-state index contributed by atoms with van der Waals surface area (Å²) in [7, 11) is 0. The van der Waals surface area contributed by atoms with Gasteiger partial charge in [-0.1, -0.05) is 53.7 Å². The third kappa shape index (κ3) is 2.14. The van der Waals surface area contributed by atoms with E-state index in [1.54, 1.807) is 16.7 Å². The molecule has 0 unspecified atom stereocenters. The predicted octanol–water partition coefficient (Wildman–Crippen LogP) is 5.16. The number of hydrogen-bond donors (Lipinski definition) is 0. The van der Waals surface area contributed by atoms with Gasteiger partial charge in [-0.15, -0.1) is 0 Å². The molecule has 0 aromatic heterocycles. The third-order valence-corrected chi connectivity index (χ3v) is 4.32.